The number of likely N-dealkylation sites (tertiary alicyclic amines) is 1. The lowest BCUT2D eigenvalue weighted by molar-refractivity contribution is 0.118. The molecule has 0 radical (unpaired) electrons. The summed E-state index contributed by atoms with van der Waals surface area (Å²) >= 11 is 0. The van der Waals surface area contributed by atoms with Gasteiger partial charge in [0.1, 0.15) is 6.17 Å². The van der Waals surface area contributed by atoms with E-state index in [4.69, 9.17) is 0 Å². The molecule has 0 aromatic carbocycles. The quantitative estimate of drug-likeness (QED) is 0.629. The number of nitrogens with one attached hydrogen (secondary N) is 1. The molecule has 2 aliphatic heterocycles. The molecular formula is C9H17FN2. The van der Waals surface area contributed by atoms with Crippen LogP contribution in [0.15, 0.2) is 0 Å². The van der Waals surface area contributed by atoms with Crippen molar-refractivity contribution in [2.75, 3.05) is 26.2 Å². The summed E-state index contributed by atoms with van der Waals surface area (Å²) in [5.74, 6) is 0. The van der Waals surface area contributed by atoms with Crippen molar-refractivity contribution in [1.29, 1.82) is 0 Å². The molecule has 0 amide bonds. The Bertz CT molecular complexity index is 137. The number of hydrogen-bond acceptors (Lipinski definition) is 2. The molecule has 2 aliphatic rings. The van der Waals surface area contributed by atoms with Crippen LogP contribution in [0, 0.1) is 0 Å². The molecule has 70 valence electrons. The molecule has 3 heteroatoms. The first kappa shape index (κ1) is 8.45. The Kier molecular flexibility index (Phi) is 2.61. The van der Waals surface area contributed by atoms with Gasteiger partial charge < -0.3 is 5.32 Å². The summed E-state index contributed by atoms with van der Waals surface area (Å²) < 4.78 is 12.8. The van der Waals surface area contributed by atoms with Gasteiger partial charge in [-0.25, -0.2) is 4.39 Å². The molecule has 12 heavy (non-hydrogen) atoms. The molecule has 0 unspecified atom stereocenters. The molecule has 0 spiro atoms. The summed E-state index contributed by atoms with van der Waals surface area (Å²) in [5.41, 5.74) is 0. The van der Waals surface area contributed by atoms with Crippen molar-refractivity contribution in [2.24, 2.45) is 0 Å². The van der Waals surface area contributed by atoms with Gasteiger partial charge >= 0.3 is 0 Å². The van der Waals surface area contributed by atoms with E-state index in [2.05, 4.69) is 10.2 Å². The van der Waals surface area contributed by atoms with Crippen molar-refractivity contribution < 1.29 is 4.39 Å². The summed E-state index contributed by atoms with van der Waals surface area (Å²) in [6.07, 6.45) is 2.21. The lowest BCUT2D eigenvalue weighted by Crippen LogP contribution is -2.42. The molecule has 2 heterocycles. The Morgan fingerprint density at radius 3 is 2.50 bits per heavy atom. The van der Waals surface area contributed by atoms with E-state index >= 15 is 0 Å². The first-order valence-electron chi connectivity index (χ1n) is 4.95. The van der Waals surface area contributed by atoms with Crippen LogP contribution in [0.3, 0.4) is 0 Å². The van der Waals surface area contributed by atoms with Gasteiger partial charge in [0.15, 0.2) is 0 Å². The second-order valence-corrected chi connectivity index (χ2v) is 3.86. The molecule has 0 bridgehead atoms. The molecule has 2 rings (SSSR count). The van der Waals surface area contributed by atoms with Gasteiger partial charge in [-0.15, -0.1) is 0 Å². The molecule has 0 aliphatic carbocycles. The monoisotopic (exact) mass is 172 g/mol. The SMILES string of the molecule is FC1CCN([C@@H]2CCNC2)CC1. The van der Waals surface area contributed by atoms with Gasteiger partial charge in [0, 0.05) is 25.7 Å². The van der Waals surface area contributed by atoms with E-state index in [0.29, 0.717) is 6.04 Å². The average Bonchev–Trinajstić information content (AvgIpc) is 2.58. The third-order valence-corrected chi connectivity index (χ3v) is 3.01. The maximum Gasteiger partial charge on any atom is 0.103 e. The Labute approximate surface area is 73.1 Å². The normalized spacial score (nSPS) is 34.2. The third kappa shape index (κ3) is 1.77. The van der Waals surface area contributed by atoms with E-state index in [1.54, 1.807) is 0 Å². The Hall–Kier alpha value is -0.150. The highest BCUT2D eigenvalue weighted by Crippen LogP contribution is 2.18. The molecule has 2 nitrogen and oxygen atoms in total. The first-order valence-corrected chi connectivity index (χ1v) is 4.95. The lowest BCUT2D eigenvalue weighted by Gasteiger charge is -2.33. The topological polar surface area (TPSA) is 15.3 Å². The predicted molar refractivity (Wildman–Crippen MR) is 47.0 cm³/mol. The zero-order valence-electron chi connectivity index (χ0n) is 7.43. The van der Waals surface area contributed by atoms with Gasteiger partial charge in [0.2, 0.25) is 0 Å². The fraction of sp³-hybridized carbons (Fsp3) is 1.00. The smallest absolute Gasteiger partial charge is 0.103 e. The van der Waals surface area contributed by atoms with E-state index in [-0.39, 0.29) is 0 Å². The number of nitrogens with zero attached hydrogens (tertiary/aromatic N) is 1. The van der Waals surface area contributed by atoms with E-state index in [0.717, 1.165) is 39.0 Å². The maximum absolute atomic E-state index is 12.8. The molecular weight excluding hydrogens is 155 g/mol. The van der Waals surface area contributed by atoms with E-state index in [1.165, 1.54) is 6.42 Å². The fourth-order valence-electron chi connectivity index (χ4n) is 2.18. The summed E-state index contributed by atoms with van der Waals surface area (Å²) in [6, 6.07) is 0.692. The predicted octanol–water partition coefficient (Wildman–Crippen LogP) is 0.782. The highest BCUT2D eigenvalue weighted by atomic mass is 19.1. The maximum atomic E-state index is 12.8. The largest absolute Gasteiger partial charge is 0.315 e. The molecule has 1 atom stereocenters. The number of alkyl halides is 1. The van der Waals surface area contributed by atoms with Gasteiger partial charge in [0.25, 0.3) is 0 Å². The van der Waals surface area contributed by atoms with Gasteiger partial charge in [-0.3, -0.25) is 4.90 Å². The summed E-state index contributed by atoms with van der Waals surface area (Å²) in [6.45, 7) is 4.18. The fourth-order valence-corrected chi connectivity index (χ4v) is 2.18. The Morgan fingerprint density at radius 1 is 1.17 bits per heavy atom. The van der Waals surface area contributed by atoms with Crippen molar-refractivity contribution in [1.82, 2.24) is 10.2 Å². The van der Waals surface area contributed by atoms with Gasteiger partial charge in [-0.1, -0.05) is 0 Å². The molecule has 0 aromatic rings. The minimum atomic E-state index is -0.532. The minimum Gasteiger partial charge on any atom is -0.315 e. The van der Waals surface area contributed by atoms with Crippen molar-refractivity contribution in [3.63, 3.8) is 0 Å². The highest BCUT2D eigenvalue weighted by molar-refractivity contribution is 4.83. The van der Waals surface area contributed by atoms with Crippen LogP contribution in [0.5, 0.6) is 0 Å². The minimum absolute atomic E-state index is 0.532. The number of halogens is 1. The Morgan fingerprint density at radius 2 is 1.92 bits per heavy atom. The second-order valence-electron chi connectivity index (χ2n) is 3.86. The van der Waals surface area contributed by atoms with Crippen LogP contribution in [-0.4, -0.2) is 43.3 Å². The zero-order chi connectivity index (χ0) is 8.39. The zero-order valence-corrected chi connectivity index (χ0v) is 7.43. The summed E-state index contributed by atoms with van der Waals surface area (Å²) in [7, 11) is 0. The highest BCUT2D eigenvalue weighted by Gasteiger charge is 2.26. The second kappa shape index (κ2) is 3.71. The van der Waals surface area contributed by atoms with Gasteiger partial charge in [-0.2, -0.15) is 0 Å². The average molecular weight is 172 g/mol. The van der Waals surface area contributed by atoms with Crippen LogP contribution in [0.1, 0.15) is 19.3 Å². The van der Waals surface area contributed by atoms with Crippen LogP contribution in [0.2, 0.25) is 0 Å². The lowest BCUT2D eigenvalue weighted by atomic mass is 10.1. The Balaban J connectivity index is 1.80. The number of piperidine rings is 1. The van der Waals surface area contributed by atoms with Crippen LogP contribution in [0.4, 0.5) is 4.39 Å². The van der Waals surface area contributed by atoms with E-state index in [9.17, 15) is 4.39 Å². The third-order valence-electron chi connectivity index (χ3n) is 3.01. The van der Waals surface area contributed by atoms with E-state index < -0.39 is 6.17 Å². The van der Waals surface area contributed by atoms with E-state index in [1.807, 2.05) is 0 Å². The van der Waals surface area contributed by atoms with Gasteiger partial charge in [-0.05, 0) is 25.8 Å². The summed E-state index contributed by atoms with van der Waals surface area (Å²) in [4.78, 5) is 2.44. The van der Waals surface area contributed by atoms with Crippen molar-refractivity contribution in [3.05, 3.63) is 0 Å². The van der Waals surface area contributed by atoms with Crippen LogP contribution in [0.25, 0.3) is 0 Å². The standard InChI is InChI=1S/C9H17FN2/c10-8-2-5-12(6-3-8)9-1-4-11-7-9/h8-9,11H,1-7H2/t9-/m1/s1. The van der Waals surface area contributed by atoms with Gasteiger partial charge in [0.05, 0.1) is 0 Å². The van der Waals surface area contributed by atoms with Crippen LogP contribution in [-0.2, 0) is 0 Å². The van der Waals surface area contributed by atoms with Crippen molar-refractivity contribution in [3.8, 4) is 0 Å². The molecule has 2 saturated heterocycles. The molecule has 2 fully saturated rings. The van der Waals surface area contributed by atoms with Crippen LogP contribution >= 0.6 is 0 Å². The van der Waals surface area contributed by atoms with Crippen molar-refractivity contribution in [2.45, 2.75) is 31.5 Å². The van der Waals surface area contributed by atoms with Crippen molar-refractivity contribution >= 4 is 0 Å². The number of hydrogen-bond donors (Lipinski definition) is 1. The summed E-state index contributed by atoms with van der Waals surface area (Å²) in [5, 5.41) is 3.35. The first-order chi connectivity index (χ1) is 5.86. The molecule has 0 aromatic heterocycles. The molecule has 0 saturated carbocycles. The number of rotatable bonds is 1. The molecule has 1 N–H and O–H groups in total. The van der Waals surface area contributed by atoms with Crippen LogP contribution < -0.4 is 5.32 Å².